The van der Waals surface area contributed by atoms with Crippen LogP contribution in [0.4, 0.5) is 11.4 Å². The largest absolute Gasteiger partial charge is 0.505 e. The minimum atomic E-state index is -4.46. The van der Waals surface area contributed by atoms with Gasteiger partial charge in [0.25, 0.3) is 5.56 Å². The molecule has 0 fully saturated rings. The maximum absolute atomic E-state index is 13.4. The van der Waals surface area contributed by atoms with Crippen molar-refractivity contribution < 1.29 is 27.7 Å². The van der Waals surface area contributed by atoms with Crippen LogP contribution in [0.2, 0.25) is 0 Å². The summed E-state index contributed by atoms with van der Waals surface area (Å²) < 4.78 is 48.8. The van der Waals surface area contributed by atoms with E-state index in [1.165, 1.54) is 34.2 Å². The maximum atomic E-state index is 13.4. The summed E-state index contributed by atoms with van der Waals surface area (Å²) in [6, 6.07) is 7.46. The van der Waals surface area contributed by atoms with Crippen LogP contribution in [0.25, 0.3) is 10.6 Å². The van der Waals surface area contributed by atoms with Gasteiger partial charge in [0.15, 0.2) is 11.6 Å². The molecule has 36 heavy (non-hydrogen) atoms. The van der Waals surface area contributed by atoms with E-state index in [1.54, 1.807) is 24.6 Å². The van der Waals surface area contributed by atoms with Crippen LogP contribution in [0.5, 0.6) is 5.75 Å². The molecule has 1 aliphatic heterocycles. The van der Waals surface area contributed by atoms with Crippen LogP contribution in [0.3, 0.4) is 0 Å². The van der Waals surface area contributed by atoms with E-state index in [1.807, 2.05) is 6.92 Å². The van der Waals surface area contributed by atoms with Crippen LogP contribution in [0.1, 0.15) is 18.9 Å². The number of hydrogen-bond acceptors (Lipinski definition) is 9. The van der Waals surface area contributed by atoms with Crippen molar-refractivity contribution in [2.45, 2.75) is 26.0 Å². The van der Waals surface area contributed by atoms with E-state index in [0.717, 1.165) is 6.26 Å². The number of methoxy groups -OCH3 is 1. The van der Waals surface area contributed by atoms with E-state index in [0.29, 0.717) is 11.3 Å². The molecule has 0 bridgehead atoms. The molecule has 0 aliphatic carbocycles. The fourth-order valence-corrected chi connectivity index (χ4v) is 6.08. The average molecular weight is 554 g/mol. The van der Waals surface area contributed by atoms with Gasteiger partial charge in [-0.3, -0.25) is 14.1 Å². The summed E-state index contributed by atoms with van der Waals surface area (Å²) in [6.45, 7) is 2.01. The lowest BCUT2D eigenvalue weighted by molar-refractivity contribution is 0.105. The van der Waals surface area contributed by atoms with Crippen molar-refractivity contribution in [2.75, 3.05) is 23.4 Å². The zero-order valence-corrected chi connectivity index (χ0v) is 22.0. The van der Waals surface area contributed by atoms with E-state index in [9.17, 15) is 27.8 Å². The van der Waals surface area contributed by atoms with Crippen molar-refractivity contribution in [3.8, 4) is 16.3 Å². The number of thiophene rings is 1. The van der Waals surface area contributed by atoms with Gasteiger partial charge in [0.2, 0.25) is 10.0 Å². The predicted molar refractivity (Wildman–Crippen MR) is 139 cm³/mol. The lowest BCUT2D eigenvalue weighted by Gasteiger charge is -2.23. The number of amidine groups is 1. The second-order valence-electron chi connectivity index (χ2n) is 8.14. The monoisotopic (exact) mass is 553 g/mol. The third kappa shape index (κ3) is 5.37. The number of ether oxygens (including phenoxy) is 1. The van der Waals surface area contributed by atoms with Crippen LogP contribution in [0.15, 0.2) is 45.3 Å². The first kappa shape index (κ1) is 26.0. The number of rotatable bonds is 8. The number of aromatic nitrogens is 2. The quantitative estimate of drug-likeness (QED) is 0.305. The number of hydrogen-bond donors (Lipinski definition) is 4. The first-order chi connectivity index (χ1) is 16.9. The van der Waals surface area contributed by atoms with Gasteiger partial charge in [0, 0.05) is 19.3 Å². The average Bonchev–Trinajstić information content (AvgIpc) is 3.32. The van der Waals surface area contributed by atoms with Gasteiger partial charge in [-0.15, -0.1) is 11.3 Å². The van der Waals surface area contributed by atoms with Crippen molar-refractivity contribution >= 4 is 51.4 Å². The summed E-state index contributed by atoms with van der Waals surface area (Å²) in [7, 11) is -6.53. The molecule has 12 nitrogen and oxygen atoms in total. The predicted octanol–water partition coefficient (Wildman–Crippen LogP) is 2.16. The Kier molecular flexibility index (Phi) is 7.08. The molecule has 0 spiro atoms. The van der Waals surface area contributed by atoms with Gasteiger partial charge in [-0.1, -0.05) is 6.07 Å². The molecule has 0 saturated carbocycles. The van der Waals surface area contributed by atoms with Gasteiger partial charge in [-0.25, -0.2) is 13.1 Å². The number of aryl methyl sites for hydroxylation is 1. The van der Waals surface area contributed by atoms with E-state index < -0.39 is 28.9 Å². The molecule has 192 valence electrons. The molecule has 2 aromatic heterocycles. The SMILES string of the molecule is COC(C)CCn1nc(-c2cccs2)c(O)c(C2=NP(=O)(O)c3cc(NS(C)(=O)=O)ccc3N2)c1=O. The first-order valence-electron chi connectivity index (χ1n) is 10.6. The molecule has 2 atom stereocenters. The smallest absolute Gasteiger partial charge is 0.346 e. The third-order valence-corrected chi connectivity index (χ3v) is 8.33. The second kappa shape index (κ2) is 9.79. The highest BCUT2D eigenvalue weighted by molar-refractivity contribution is 7.92. The topological polar surface area (TPSA) is 172 Å². The molecule has 0 saturated heterocycles. The lowest BCUT2D eigenvalue weighted by Crippen LogP contribution is -2.35. The Morgan fingerprint density at radius 1 is 1.33 bits per heavy atom. The molecular weight excluding hydrogens is 529 g/mol. The van der Waals surface area contributed by atoms with Crippen molar-refractivity contribution in [3.05, 3.63) is 51.6 Å². The van der Waals surface area contributed by atoms with Gasteiger partial charge in [0.1, 0.15) is 11.3 Å². The first-order valence-corrected chi connectivity index (χ1v) is 15.0. The highest BCUT2D eigenvalue weighted by Gasteiger charge is 2.34. The number of fused-ring (bicyclic) bond motifs is 1. The van der Waals surface area contributed by atoms with Crippen molar-refractivity contribution in [2.24, 2.45) is 4.76 Å². The Hall–Kier alpha value is -3.03. The van der Waals surface area contributed by atoms with Crippen LogP contribution in [0, 0.1) is 0 Å². The molecule has 3 aromatic rings. The summed E-state index contributed by atoms with van der Waals surface area (Å²) in [5, 5.41) is 19.9. The fourth-order valence-electron chi connectivity index (χ4n) is 3.54. The Labute approximate surface area is 210 Å². The van der Waals surface area contributed by atoms with Crippen LogP contribution >= 0.6 is 18.9 Å². The van der Waals surface area contributed by atoms with Crippen LogP contribution in [-0.2, 0) is 25.9 Å². The zero-order chi connectivity index (χ0) is 26.3. The standard InChI is InChI=1S/C21H24N5O7PS2/c1-12(33-2)8-9-26-21(28)17(19(27)18(23-26)16-5-4-10-35-16)20-22-14-7-6-13(25-36(3,31)32)11-15(14)34(29,30)24-20/h4-7,10-12,25,27H,8-9H2,1-3H3,(H2,22,24,29,30). The summed E-state index contributed by atoms with van der Waals surface area (Å²) in [5.41, 5.74) is -0.677. The van der Waals surface area contributed by atoms with Crippen LogP contribution in [-0.4, -0.2) is 53.5 Å². The number of sulfonamides is 1. The molecule has 1 aromatic carbocycles. The molecule has 1 aliphatic rings. The van der Waals surface area contributed by atoms with Gasteiger partial charge in [-0.2, -0.15) is 9.86 Å². The number of anilines is 2. The number of benzene rings is 1. The van der Waals surface area contributed by atoms with Gasteiger partial charge >= 0.3 is 7.52 Å². The number of nitrogens with one attached hydrogen (secondary N) is 2. The molecule has 0 amide bonds. The molecule has 4 N–H and O–H groups in total. The Morgan fingerprint density at radius 3 is 2.72 bits per heavy atom. The zero-order valence-electron chi connectivity index (χ0n) is 19.5. The Balaban J connectivity index is 1.84. The summed E-state index contributed by atoms with van der Waals surface area (Å²) in [4.78, 5) is 24.7. The summed E-state index contributed by atoms with van der Waals surface area (Å²) in [6.07, 6.45) is 1.25. The van der Waals surface area contributed by atoms with Gasteiger partial charge in [-0.05, 0) is 43.0 Å². The minimum Gasteiger partial charge on any atom is -0.505 e. The van der Waals surface area contributed by atoms with Crippen molar-refractivity contribution in [1.82, 2.24) is 9.78 Å². The van der Waals surface area contributed by atoms with Crippen molar-refractivity contribution in [3.63, 3.8) is 0 Å². The van der Waals surface area contributed by atoms with Gasteiger partial charge < -0.3 is 20.1 Å². The normalized spacial score (nSPS) is 18.2. The highest BCUT2D eigenvalue weighted by Crippen LogP contribution is 2.47. The molecule has 0 radical (unpaired) electrons. The summed E-state index contributed by atoms with van der Waals surface area (Å²) in [5.74, 6) is -0.781. The van der Waals surface area contributed by atoms with E-state index in [4.69, 9.17) is 4.74 Å². The Morgan fingerprint density at radius 2 is 2.08 bits per heavy atom. The minimum absolute atomic E-state index is 0.0762. The number of aromatic hydroxyl groups is 1. The molecule has 4 rings (SSSR count). The fraction of sp³-hybridized carbons (Fsp3) is 0.286. The molecule has 2 unspecified atom stereocenters. The van der Waals surface area contributed by atoms with E-state index in [2.05, 4.69) is 19.9 Å². The molecule has 3 heterocycles. The molecular formula is C21H24N5O7PS2. The molecule has 15 heteroatoms. The van der Waals surface area contributed by atoms with Crippen LogP contribution < -0.4 is 20.9 Å². The van der Waals surface area contributed by atoms with Crippen molar-refractivity contribution in [1.29, 1.82) is 0 Å². The van der Waals surface area contributed by atoms with E-state index in [-0.39, 0.29) is 46.4 Å². The van der Waals surface area contributed by atoms with Gasteiger partial charge in [0.05, 0.1) is 28.2 Å². The third-order valence-electron chi connectivity index (χ3n) is 5.37. The van der Waals surface area contributed by atoms with E-state index >= 15 is 0 Å². The second-order valence-corrected chi connectivity index (χ2v) is 12.6. The highest BCUT2D eigenvalue weighted by atomic mass is 32.2. The summed E-state index contributed by atoms with van der Waals surface area (Å²) >= 11 is 1.30. The Bertz CT molecular complexity index is 1550. The number of nitrogens with zero attached hydrogens (tertiary/aromatic N) is 3. The lowest BCUT2D eigenvalue weighted by atomic mass is 10.1. The maximum Gasteiger partial charge on any atom is 0.346 e.